The van der Waals surface area contributed by atoms with Gasteiger partial charge in [0, 0.05) is 12.7 Å². The number of nitrogens with one attached hydrogen (secondary N) is 1. The van der Waals surface area contributed by atoms with E-state index in [-0.39, 0.29) is 5.91 Å². The zero-order chi connectivity index (χ0) is 15.5. The maximum absolute atomic E-state index is 12.3. The van der Waals surface area contributed by atoms with Gasteiger partial charge in [0.15, 0.2) is 0 Å². The molecule has 0 unspecified atom stereocenters. The van der Waals surface area contributed by atoms with Crippen molar-refractivity contribution in [2.24, 2.45) is 0 Å². The summed E-state index contributed by atoms with van der Waals surface area (Å²) in [5.41, 5.74) is 2.49. The van der Waals surface area contributed by atoms with Crippen LogP contribution in [-0.4, -0.2) is 10.9 Å². The van der Waals surface area contributed by atoms with Crippen molar-refractivity contribution in [2.75, 3.05) is 0 Å². The van der Waals surface area contributed by atoms with Gasteiger partial charge in [-0.3, -0.25) is 9.78 Å². The average molecular weight is 312 g/mol. The van der Waals surface area contributed by atoms with Gasteiger partial charge in [-0.2, -0.15) is 0 Å². The molecular formula is C17H16N2O2S. The third-order valence-corrected chi connectivity index (χ3v) is 4.25. The highest BCUT2D eigenvalue weighted by Crippen LogP contribution is 2.25. The van der Waals surface area contributed by atoms with Gasteiger partial charge in [-0.25, -0.2) is 0 Å². The molecule has 0 atom stereocenters. The summed E-state index contributed by atoms with van der Waals surface area (Å²) in [4.78, 5) is 17.8. The quantitative estimate of drug-likeness (QED) is 0.793. The smallest absolute Gasteiger partial charge is 0.255 e. The lowest BCUT2D eigenvalue weighted by molar-refractivity contribution is 0.0949. The number of aryl methyl sites for hydroxylation is 2. The topological polar surface area (TPSA) is 55.1 Å². The van der Waals surface area contributed by atoms with Crippen LogP contribution in [0.3, 0.4) is 0 Å². The number of furan rings is 1. The summed E-state index contributed by atoms with van der Waals surface area (Å²) in [5.74, 6) is 1.25. The third kappa shape index (κ3) is 2.94. The summed E-state index contributed by atoms with van der Waals surface area (Å²) in [6.45, 7) is 4.06. The minimum Gasteiger partial charge on any atom is -0.466 e. The molecule has 0 aromatic carbocycles. The summed E-state index contributed by atoms with van der Waals surface area (Å²) >= 11 is 1.64. The van der Waals surface area contributed by atoms with Crippen LogP contribution in [0.15, 0.2) is 46.3 Å². The van der Waals surface area contributed by atoms with E-state index >= 15 is 0 Å². The molecule has 0 bridgehead atoms. The van der Waals surface area contributed by atoms with Crippen LogP contribution in [0.4, 0.5) is 0 Å². The van der Waals surface area contributed by atoms with Gasteiger partial charge in [0.25, 0.3) is 5.91 Å². The molecule has 112 valence electrons. The second-order valence-corrected chi connectivity index (χ2v) is 5.95. The summed E-state index contributed by atoms with van der Waals surface area (Å²) < 4.78 is 5.40. The Bertz CT molecular complexity index is 791. The Morgan fingerprint density at radius 3 is 2.86 bits per heavy atom. The maximum Gasteiger partial charge on any atom is 0.255 e. The van der Waals surface area contributed by atoms with Gasteiger partial charge in [0.1, 0.15) is 11.5 Å². The van der Waals surface area contributed by atoms with Gasteiger partial charge in [0.2, 0.25) is 0 Å². The van der Waals surface area contributed by atoms with Gasteiger partial charge in [-0.15, -0.1) is 11.3 Å². The zero-order valence-electron chi connectivity index (χ0n) is 12.4. The van der Waals surface area contributed by atoms with E-state index in [0.29, 0.717) is 17.9 Å². The third-order valence-electron chi connectivity index (χ3n) is 3.37. The van der Waals surface area contributed by atoms with E-state index in [4.69, 9.17) is 4.42 Å². The van der Waals surface area contributed by atoms with E-state index in [1.54, 1.807) is 30.5 Å². The van der Waals surface area contributed by atoms with Crippen LogP contribution >= 0.6 is 11.3 Å². The predicted octanol–water partition coefficient (Wildman–Crippen LogP) is 3.95. The van der Waals surface area contributed by atoms with Gasteiger partial charge in [-0.05, 0) is 43.0 Å². The van der Waals surface area contributed by atoms with E-state index in [9.17, 15) is 4.79 Å². The van der Waals surface area contributed by atoms with Crippen LogP contribution in [0.25, 0.3) is 10.6 Å². The molecule has 3 rings (SSSR count). The number of pyridine rings is 1. The number of nitrogens with zero attached hydrogens (tertiary/aromatic N) is 1. The average Bonchev–Trinajstić information content (AvgIpc) is 3.15. The van der Waals surface area contributed by atoms with Crippen LogP contribution in [0.5, 0.6) is 0 Å². The molecule has 5 heteroatoms. The molecule has 0 saturated heterocycles. The fourth-order valence-corrected chi connectivity index (χ4v) is 3.10. The van der Waals surface area contributed by atoms with E-state index in [1.165, 1.54) is 0 Å². The Balaban J connectivity index is 1.77. The van der Waals surface area contributed by atoms with Crippen LogP contribution in [0.1, 0.15) is 27.4 Å². The molecule has 4 nitrogen and oxygen atoms in total. The Kier molecular flexibility index (Phi) is 4.06. The fraction of sp³-hybridized carbons (Fsp3) is 0.176. The number of rotatable bonds is 4. The normalized spacial score (nSPS) is 10.6. The number of thiophene rings is 1. The highest BCUT2D eigenvalue weighted by Gasteiger charge is 2.14. The van der Waals surface area contributed by atoms with Gasteiger partial charge < -0.3 is 9.73 Å². The molecule has 0 aliphatic heterocycles. The van der Waals surface area contributed by atoms with Crippen molar-refractivity contribution in [3.63, 3.8) is 0 Å². The lowest BCUT2D eigenvalue weighted by atomic mass is 10.1. The van der Waals surface area contributed by atoms with Crippen LogP contribution in [0, 0.1) is 13.8 Å². The molecule has 1 amide bonds. The first kappa shape index (κ1) is 14.5. The first-order valence-electron chi connectivity index (χ1n) is 6.98. The summed E-state index contributed by atoms with van der Waals surface area (Å²) in [5, 5.41) is 4.96. The van der Waals surface area contributed by atoms with E-state index in [0.717, 1.165) is 21.9 Å². The lowest BCUT2D eigenvalue weighted by Crippen LogP contribution is -2.23. The van der Waals surface area contributed by atoms with Crippen molar-refractivity contribution in [1.29, 1.82) is 0 Å². The molecule has 3 heterocycles. The summed E-state index contributed by atoms with van der Waals surface area (Å²) in [7, 11) is 0. The standard InChI is InChI=1S/C17H16N2O2S/c1-11-9-14(12(2)21-11)17(20)19-10-13-5-3-7-18-16(13)15-6-4-8-22-15/h3-9H,10H2,1-2H3,(H,19,20). The van der Waals surface area contributed by atoms with Crippen molar-refractivity contribution in [2.45, 2.75) is 20.4 Å². The van der Waals surface area contributed by atoms with Crippen molar-refractivity contribution < 1.29 is 9.21 Å². The number of carbonyl (C=O) groups is 1. The Labute approximate surface area is 132 Å². The molecule has 3 aromatic heterocycles. The molecule has 0 aliphatic rings. The minimum absolute atomic E-state index is 0.129. The molecule has 1 N–H and O–H groups in total. The Morgan fingerprint density at radius 2 is 2.18 bits per heavy atom. The minimum atomic E-state index is -0.129. The predicted molar refractivity (Wildman–Crippen MR) is 86.9 cm³/mol. The molecule has 3 aromatic rings. The molecular weight excluding hydrogens is 296 g/mol. The van der Waals surface area contributed by atoms with Crippen LogP contribution < -0.4 is 5.32 Å². The Hall–Kier alpha value is -2.40. The fourth-order valence-electron chi connectivity index (χ4n) is 2.34. The zero-order valence-corrected chi connectivity index (χ0v) is 13.2. The van der Waals surface area contributed by atoms with Gasteiger partial charge in [0.05, 0.1) is 16.1 Å². The molecule has 0 saturated carbocycles. The lowest BCUT2D eigenvalue weighted by Gasteiger charge is -2.08. The molecule has 0 fully saturated rings. The highest BCUT2D eigenvalue weighted by atomic mass is 32.1. The Morgan fingerprint density at radius 1 is 1.32 bits per heavy atom. The largest absolute Gasteiger partial charge is 0.466 e. The van der Waals surface area contributed by atoms with E-state index in [2.05, 4.69) is 10.3 Å². The van der Waals surface area contributed by atoms with E-state index < -0.39 is 0 Å². The van der Waals surface area contributed by atoms with Crippen molar-refractivity contribution in [3.05, 3.63) is 64.6 Å². The van der Waals surface area contributed by atoms with Gasteiger partial charge in [-0.1, -0.05) is 12.1 Å². The second kappa shape index (κ2) is 6.15. The number of hydrogen-bond acceptors (Lipinski definition) is 4. The summed E-state index contributed by atoms with van der Waals surface area (Å²) in [6, 6.07) is 9.65. The maximum atomic E-state index is 12.3. The first-order valence-corrected chi connectivity index (χ1v) is 7.86. The molecule has 0 radical (unpaired) electrons. The SMILES string of the molecule is Cc1cc(C(=O)NCc2cccnc2-c2cccs2)c(C)o1. The van der Waals surface area contributed by atoms with Crippen molar-refractivity contribution in [3.8, 4) is 10.6 Å². The molecule has 0 aliphatic carbocycles. The number of aromatic nitrogens is 1. The van der Waals surface area contributed by atoms with Crippen LogP contribution in [0.2, 0.25) is 0 Å². The first-order chi connectivity index (χ1) is 10.6. The number of carbonyl (C=O) groups excluding carboxylic acids is 1. The van der Waals surface area contributed by atoms with Crippen molar-refractivity contribution in [1.82, 2.24) is 10.3 Å². The summed E-state index contributed by atoms with van der Waals surface area (Å²) in [6.07, 6.45) is 1.77. The molecule has 0 spiro atoms. The van der Waals surface area contributed by atoms with Crippen molar-refractivity contribution >= 4 is 17.2 Å². The number of hydrogen-bond donors (Lipinski definition) is 1. The second-order valence-electron chi connectivity index (χ2n) is 5.00. The highest BCUT2D eigenvalue weighted by molar-refractivity contribution is 7.13. The monoisotopic (exact) mass is 312 g/mol. The van der Waals surface area contributed by atoms with Gasteiger partial charge >= 0.3 is 0 Å². The molecule has 22 heavy (non-hydrogen) atoms. The van der Waals surface area contributed by atoms with E-state index in [1.807, 2.05) is 36.6 Å². The number of amides is 1. The van der Waals surface area contributed by atoms with Crippen LogP contribution in [-0.2, 0) is 6.54 Å².